The van der Waals surface area contributed by atoms with E-state index in [-0.39, 0.29) is 18.1 Å². The number of aromatic nitrogens is 1. The van der Waals surface area contributed by atoms with Gasteiger partial charge in [0.2, 0.25) is 0 Å². The zero-order valence-corrected chi connectivity index (χ0v) is 19.0. The molecule has 0 radical (unpaired) electrons. The number of thiazole rings is 1. The molecule has 0 aliphatic carbocycles. The Balaban J connectivity index is 1.46. The van der Waals surface area contributed by atoms with E-state index in [1.54, 1.807) is 18.4 Å². The monoisotopic (exact) mass is 429 g/mol. The molecule has 0 saturated carbocycles. The van der Waals surface area contributed by atoms with E-state index in [4.69, 9.17) is 4.74 Å². The number of rotatable bonds is 6. The van der Waals surface area contributed by atoms with Crippen molar-refractivity contribution in [2.24, 2.45) is 4.99 Å². The fourth-order valence-electron chi connectivity index (χ4n) is 3.53. The fraction of sp³-hybridized carbons (Fsp3) is 0.500. The minimum Gasteiger partial charge on any atom is -0.372 e. The van der Waals surface area contributed by atoms with Crippen molar-refractivity contribution in [1.82, 2.24) is 20.5 Å². The molecular weight excluding hydrogens is 398 g/mol. The molecule has 7 nitrogen and oxygen atoms in total. The van der Waals surface area contributed by atoms with Crippen LogP contribution in [0.3, 0.4) is 0 Å². The number of nitrogens with zero attached hydrogens (tertiary/aromatic N) is 3. The van der Waals surface area contributed by atoms with Crippen molar-refractivity contribution < 1.29 is 9.53 Å². The average Bonchev–Trinajstić information content (AvgIpc) is 3.14. The summed E-state index contributed by atoms with van der Waals surface area (Å²) in [5.74, 6) is 0.810. The Kier molecular flexibility index (Phi) is 7.81. The van der Waals surface area contributed by atoms with Crippen molar-refractivity contribution >= 4 is 23.2 Å². The molecule has 0 spiro atoms. The molecule has 1 saturated heterocycles. The van der Waals surface area contributed by atoms with Gasteiger partial charge in [0, 0.05) is 50.6 Å². The Bertz CT molecular complexity index is 855. The topological polar surface area (TPSA) is 78.8 Å². The third-order valence-electron chi connectivity index (χ3n) is 4.93. The summed E-state index contributed by atoms with van der Waals surface area (Å²) >= 11 is 1.67. The highest BCUT2D eigenvalue weighted by Gasteiger charge is 2.26. The minimum atomic E-state index is 0.0614. The van der Waals surface area contributed by atoms with Gasteiger partial charge in [-0.15, -0.1) is 11.3 Å². The first kappa shape index (κ1) is 22.2. The van der Waals surface area contributed by atoms with Crippen molar-refractivity contribution in [3.05, 3.63) is 51.5 Å². The summed E-state index contributed by atoms with van der Waals surface area (Å²) in [6.45, 7) is 8.70. The number of benzene rings is 1. The summed E-state index contributed by atoms with van der Waals surface area (Å²) in [4.78, 5) is 23.4. The Labute approximate surface area is 182 Å². The molecular formula is C22H31N5O2S. The highest BCUT2D eigenvalue weighted by atomic mass is 32.1. The van der Waals surface area contributed by atoms with Crippen LogP contribution in [0.1, 0.15) is 40.5 Å². The van der Waals surface area contributed by atoms with Gasteiger partial charge in [-0.05, 0) is 38.5 Å². The number of aryl methyl sites for hydroxylation is 1. The highest BCUT2D eigenvalue weighted by molar-refractivity contribution is 7.09. The lowest BCUT2D eigenvalue weighted by Crippen LogP contribution is -2.48. The van der Waals surface area contributed by atoms with Crippen molar-refractivity contribution in [2.45, 2.75) is 45.9 Å². The predicted molar refractivity (Wildman–Crippen MR) is 121 cm³/mol. The Morgan fingerprint density at radius 1 is 1.23 bits per heavy atom. The van der Waals surface area contributed by atoms with Gasteiger partial charge in [0.05, 0.1) is 22.9 Å². The van der Waals surface area contributed by atoms with Crippen molar-refractivity contribution in [3.63, 3.8) is 0 Å². The quantitative estimate of drug-likeness (QED) is 0.545. The number of amides is 1. The van der Waals surface area contributed by atoms with Gasteiger partial charge in [-0.25, -0.2) is 4.98 Å². The maximum absolute atomic E-state index is 12.8. The van der Waals surface area contributed by atoms with Crippen LogP contribution < -0.4 is 10.6 Å². The summed E-state index contributed by atoms with van der Waals surface area (Å²) in [5.41, 5.74) is 2.90. The maximum atomic E-state index is 12.8. The number of carbonyl (C=O) groups excluding carboxylic acids is 1. The Morgan fingerprint density at radius 2 is 1.93 bits per heavy atom. The second-order valence-corrected chi connectivity index (χ2v) is 8.69. The Hall–Kier alpha value is -2.45. The van der Waals surface area contributed by atoms with E-state index in [9.17, 15) is 4.79 Å². The van der Waals surface area contributed by atoms with Crippen LogP contribution in [0.2, 0.25) is 0 Å². The van der Waals surface area contributed by atoms with Crippen LogP contribution >= 0.6 is 11.3 Å². The summed E-state index contributed by atoms with van der Waals surface area (Å²) in [6.07, 6.45) is 1.00. The van der Waals surface area contributed by atoms with Crippen molar-refractivity contribution in [3.8, 4) is 0 Å². The van der Waals surface area contributed by atoms with Crippen LogP contribution in [-0.2, 0) is 17.7 Å². The van der Waals surface area contributed by atoms with Crippen LogP contribution in [0.15, 0.2) is 34.6 Å². The predicted octanol–water partition coefficient (Wildman–Crippen LogP) is 2.61. The first-order chi connectivity index (χ1) is 14.4. The van der Waals surface area contributed by atoms with Crippen molar-refractivity contribution in [2.75, 3.05) is 26.7 Å². The molecule has 2 atom stereocenters. The zero-order chi connectivity index (χ0) is 21.5. The molecule has 30 heavy (non-hydrogen) atoms. The molecule has 2 N–H and O–H groups in total. The lowest BCUT2D eigenvalue weighted by Gasteiger charge is -2.35. The summed E-state index contributed by atoms with van der Waals surface area (Å²) in [7, 11) is 1.76. The normalized spacial score (nSPS) is 19.6. The van der Waals surface area contributed by atoms with Crippen LogP contribution in [0.25, 0.3) is 0 Å². The molecule has 2 aromatic rings. The molecule has 3 rings (SSSR count). The number of nitrogens with one attached hydrogen (secondary N) is 2. The number of guanidine groups is 1. The standard InChI is InChI=1S/C22H31N5O2S/c1-15-12-27(13-16(2)29-15)21(28)19-7-5-18(6-8-19)11-25-22(23-4)24-10-9-20-14-30-17(3)26-20/h5-8,14-16H,9-13H2,1-4H3,(H2,23,24,25). The molecule has 2 heterocycles. The zero-order valence-electron chi connectivity index (χ0n) is 18.1. The second kappa shape index (κ2) is 10.5. The molecule has 8 heteroatoms. The average molecular weight is 430 g/mol. The van der Waals surface area contributed by atoms with Crippen LogP contribution in [0, 0.1) is 6.92 Å². The molecule has 0 bridgehead atoms. The van der Waals surface area contributed by atoms with Gasteiger partial charge in [0.1, 0.15) is 0 Å². The summed E-state index contributed by atoms with van der Waals surface area (Å²) < 4.78 is 5.72. The van der Waals surface area contributed by atoms with Crippen LogP contribution in [0.4, 0.5) is 0 Å². The van der Waals surface area contributed by atoms with Gasteiger partial charge < -0.3 is 20.3 Å². The van der Waals surface area contributed by atoms with E-state index in [1.165, 1.54) is 0 Å². The fourth-order valence-corrected chi connectivity index (χ4v) is 4.18. The summed E-state index contributed by atoms with van der Waals surface area (Å²) in [6, 6.07) is 7.76. The maximum Gasteiger partial charge on any atom is 0.254 e. The summed E-state index contributed by atoms with van der Waals surface area (Å²) in [5, 5.41) is 9.80. The van der Waals surface area contributed by atoms with E-state index < -0.39 is 0 Å². The smallest absolute Gasteiger partial charge is 0.254 e. The molecule has 2 unspecified atom stereocenters. The largest absolute Gasteiger partial charge is 0.372 e. The van der Waals surface area contributed by atoms with Crippen molar-refractivity contribution in [1.29, 1.82) is 0 Å². The third-order valence-corrected chi connectivity index (χ3v) is 5.75. The number of hydrogen-bond acceptors (Lipinski definition) is 5. The lowest BCUT2D eigenvalue weighted by molar-refractivity contribution is -0.0586. The number of hydrogen-bond donors (Lipinski definition) is 2. The lowest BCUT2D eigenvalue weighted by atomic mass is 10.1. The first-order valence-electron chi connectivity index (χ1n) is 10.3. The number of aliphatic imine (C=N–C) groups is 1. The van der Waals surface area contributed by atoms with Crippen LogP contribution in [0.5, 0.6) is 0 Å². The number of morpholine rings is 1. The first-order valence-corrected chi connectivity index (χ1v) is 11.2. The molecule has 1 fully saturated rings. The van der Waals surface area contributed by atoms with E-state index in [0.717, 1.165) is 35.2 Å². The molecule has 162 valence electrons. The van der Waals surface area contributed by atoms with E-state index in [1.807, 2.05) is 49.9 Å². The van der Waals surface area contributed by atoms with E-state index >= 15 is 0 Å². The SMILES string of the molecule is CN=C(NCCc1csc(C)n1)NCc1ccc(C(=O)N2CC(C)OC(C)C2)cc1. The second-order valence-electron chi connectivity index (χ2n) is 7.62. The molecule has 1 amide bonds. The van der Waals surface area contributed by atoms with Gasteiger partial charge in [-0.1, -0.05) is 12.1 Å². The third kappa shape index (κ3) is 6.27. The number of ether oxygens (including phenoxy) is 1. The van der Waals surface area contributed by atoms with Gasteiger partial charge in [0.25, 0.3) is 5.91 Å². The van der Waals surface area contributed by atoms with Gasteiger partial charge in [-0.2, -0.15) is 0 Å². The Morgan fingerprint density at radius 3 is 2.53 bits per heavy atom. The highest BCUT2D eigenvalue weighted by Crippen LogP contribution is 2.15. The number of carbonyl (C=O) groups is 1. The van der Waals surface area contributed by atoms with E-state index in [0.29, 0.717) is 25.2 Å². The van der Waals surface area contributed by atoms with Crippen LogP contribution in [-0.4, -0.2) is 60.6 Å². The van der Waals surface area contributed by atoms with Gasteiger partial charge >= 0.3 is 0 Å². The van der Waals surface area contributed by atoms with Gasteiger partial charge in [-0.3, -0.25) is 9.79 Å². The molecule has 1 aromatic carbocycles. The minimum absolute atomic E-state index is 0.0614. The van der Waals surface area contributed by atoms with Gasteiger partial charge in [0.15, 0.2) is 5.96 Å². The molecule has 1 aromatic heterocycles. The molecule has 1 aliphatic heterocycles. The van der Waals surface area contributed by atoms with E-state index in [2.05, 4.69) is 26.0 Å². The molecule has 1 aliphatic rings.